The molecule has 0 saturated heterocycles. The second-order valence-electron chi connectivity index (χ2n) is 3.47. The number of hydrogen-bond acceptors (Lipinski definition) is 5. The van der Waals surface area contributed by atoms with E-state index in [2.05, 4.69) is 21.1 Å². The number of halogens is 1. The Bertz CT molecular complexity index is 594. The van der Waals surface area contributed by atoms with E-state index in [-0.39, 0.29) is 11.5 Å². The molecule has 1 aromatic carbocycles. The Morgan fingerprint density at radius 2 is 2.24 bits per heavy atom. The average Bonchev–Trinajstić information content (AvgIpc) is 2.60. The third-order valence-electron chi connectivity index (χ3n) is 2.32. The summed E-state index contributed by atoms with van der Waals surface area (Å²) in [6.45, 7) is 1.76. The van der Waals surface area contributed by atoms with Crippen LogP contribution in [0, 0.1) is 17.0 Å². The summed E-state index contributed by atoms with van der Waals surface area (Å²) in [4.78, 5) is 10.2. The van der Waals surface area contributed by atoms with E-state index in [0.717, 1.165) is 5.56 Å². The average molecular weight is 298 g/mol. The fourth-order valence-electron chi connectivity index (χ4n) is 1.47. The molecule has 0 atom stereocenters. The molecule has 0 bridgehead atoms. The first-order valence-electron chi connectivity index (χ1n) is 4.66. The van der Waals surface area contributed by atoms with Crippen molar-refractivity contribution in [2.75, 3.05) is 5.73 Å². The molecular weight excluding hydrogens is 290 g/mol. The maximum Gasteiger partial charge on any atom is 0.269 e. The second kappa shape index (κ2) is 4.17. The number of nitrogens with zero attached hydrogens (tertiary/aromatic N) is 2. The van der Waals surface area contributed by atoms with E-state index in [4.69, 9.17) is 10.3 Å². The van der Waals surface area contributed by atoms with Gasteiger partial charge in [0.05, 0.1) is 4.92 Å². The summed E-state index contributed by atoms with van der Waals surface area (Å²) in [7, 11) is 0. The summed E-state index contributed by atoms with van der Waals surface area (Å²) < 4.78 is 5.62. The molecular formula is C10H8BrN3O3. The van der Waals surface area contributed by atoms with Gasteiger partial charge in [0.1, 0.15) is 4.47 Å². The highest BCUT2D eigenvalue weighted by Crippen LogP contribution is 2.35. The van der Waals surface area contributed by atoms with Crippen molar-refractivity contribution in [1.29, 1.82) is 0 Å². The van der Waals surface area contributed by atoms with Crippen molar-refractivity contribution < 1.29 is 9.45 Å². The largest absolute Gasteiger partial charge is 0.380 e. The Kier molecular flexibility index (Phi) is 2.84. The molecule has 0 unspecified atom stereocenters. The minimum absolute atomic E-state index is 0.0369. The van der Waals surface area contributed by atoms with Crippen molar-refractivity contribution in [3.8, 4) is 11.3 Å². The first-order valence-corrected chi connectivity index (χ1v) is 5.46. The molecule has 1 heterocycles. The monoisotopic (exact) mass is 297 g/mol. The summed E-state index contributed by atoms with van der Waals surface area (Å²) in [5.41, 5.74) is 7.02. The Morgan fingerprint density at radius 1 is 1.53 bits per heavy atom. The van der Waals surface area contributed by atoms with Gasteiger partial charge in [-0.05, 0) is 34.5 Å². The molecule has 0 spiro atoms. The molecule has 0 aliphatic heterocycles. The summed E-state index contributed by atoms with van der Waals surface area (Å²) in [6.07, 6.45) is 0. The van der Waals surface area contributed by atoms with Crippen molar-refractivity contribution in [3.63, 3.8) is 0 Å². The summed E-state index contributed by atoms with van der Waals surface area (Å²) in [5, 5.41) is 14.2. The predicted octanol–water partition coefficient (Wildman–Crippen LogP) is 2.90. The van der Waals surface area contributed by atoms with Crippen LogP contribution in [0.3, 0.4) is 0 Å². The number of nitrogens with two attached hydrogens (primary N) is 1. The van der Waals surface area contributed by atoms with Gasteiger partial charge in [-0.25, -0.2) is 0 Å². The van der Waals surface area contributed by atoms with Gasteiger partial charge in [-0.1, -0.05) is 5.16 Å². The lowest BCUT2D eigenvalue weighted by Crippen LogP contribution is -1.90. The van der Waals surface area contributed by atoms with Gasteiger partial charge in [-0.3, -0.25) is 10.1 Å². The van der Waals surface area contributed by atoms with Crippen molar-refractivity contribution in [2.45, 2.75) is 6.92 Å². The van der Waals surface area contributed by atoms with Crippen LogP contribution in [0.4, 0.5) is 11.5 Å². The van der Waals surface area contributed by atoms with E-state index in [0.29, 0.717) is 15.8 Å². The van der Waals surface area contributed by atoms with E-state index in [9.17, 15) is 10.1 Å². The zero-order valence-corrected chi connectivity index (χ0v) is 10.4. The van der Waals surface area contributed by atoms with E-state index in [1.54, 1.807) is 13.0 Å². The zero-order valence-electron chi connectivity index (χ0n) is 8.81. The number of rotatable bonds is 2. The van der Waals surface area contributed by atoms with Crippen molar-refractivity contribution in [1.82, 2.24) is 5.16 Å². The van der Waals surface area contributed by atoms with Crippen LogP contribution in [-0.2, 0) is 0 Å². The molecule has 0 radical (unpaired) electrons. The maximum atomic E-state index is 10.6. The fourth-order valence-corrected chi connectivity index (χ4v) is 1.83. The zero-order chi connectivity index (χ0) is 12.6. The third kappa shape index (κ3) is 2.01. The molecule has 2 rings (SSSR count). The van der Waals surface area contributed by atoms with Crippen LogP contribution in [0.15, 0.2) is 27.2 Å². The lowest BCUT2D eigenvalue weighted by Gasteiger charge is -2.01. The fraction of sp³-hybridized carbons (Fsp3) is 0.100. The number of non-ortho nitro benzene ring substituents is 1. The van der Waals surface area contributed by atoms with Gasteiger partial charge in [0.2, 0.25) is 0 Å². The van der Waals surface area contributed by atoms with E-state index in [1.165, 1.54) is 12.1 Å². The highest BCUT2D eigenvalue weighted by atomic mass is 79.9. The molecule has 0 aliphatic rings. The number of aryl methyl sites for hydroxylation is 1. The number of nitro groups is 1. The molecule has 0 saturated carbocycles. The lowest BCUT2D eigenvalue weighted by molar-refractivity contribution is -0.384. The highest BCUT2D eigenvalue weighted by Gasteiger charge is 2.17. The maximum absolute atomic E-state index is 10.6. The van der Waals surface area contributed by atoms with Crippen molar-refractivity contribution in [3.05, 3.63) is 38.3 Å². The van der Waals surface area contributed by atoms with E-state index in [1.807, 2.05) is 0 Å². The summed E-state index contributed by atoms with van der Waals surface area (Å²) in [6, 6.07) is 4.49. The van der Waals surface area contributed by atoms with Gasteiger partial charge >= 0.3 is 0 Å². The molecule has 0 amide bonds. The number of nitrogen functional groups attached to an aromatic ring is 1. The van der Waals surface area contributed by atoms with Crippen LogP contribution in [0.25, 0.3) is 11.3 Å². The minimum atomic E-state index is -0.444. The number of aromatic nitrogens is 1. The molecule has 2 aromatic rings. The van der Waals surface area contributed by atoms with E-state index >= 15 is 0 Å². The second-order valence-corrected chi connectivity index (χ2v) is 4.26. The highest BCUT2D eigenvalue weighted by molar-refractivity contribution is 9.10. The number of nitro benzene ring substituents is 1. The molecule has 7 heteroatoms. The van der Waals surface area contributed by atoms with Crippen LogP contribution in [0.5, 0.6) is 0 Å². The first-order chi connectivity index (χ1) is 8.00. The van der Waals surface area contributed by atoms with Crippen LogP contribution < -0.4 is 5.73 Å². The summed E-state index contributed by atoms with van der Waals surface area (Å²) >= 11 is 3.25. The van der Waals surface area contributed by atoms with Crippen LogP contribution in [-0.4, -0.2) is 10.1 Å². The number of anilines is 1. The van der Waals surface area contributed by atoms with Gasteiger partial charge < -0.3 is 10.3 Å². The Balaban J connectivity index is 2.54. The number of benzene rings is 1. The topological polar surface area (TPSA) is 95.2 Å². The minimum Gasteiger partial charge on any atom is -0.380 e. The third-order valence-corrected chi connectivity index (χ3v) is 3.09. The summed E-state index contributed by atoms with van der Waals surface area (Å²) in [5.74, 6) is 0.715. The van der Waals surface area contributed by atoms with Crippen molar-refractivity contribution in [2.24, 2.45) is 0 Å². The SMILES string of the molecule is Cc1cc([N+](=O)[O-])ccc1-c1onc(N)c1Br. The van der Waals surface area contributed by atoms with Crippen LogP contribution >= 0.6 is 15.9 Å². The smallest absolute Gasteiger partial charge is 0.269 e. The Hall–Kier alpha value is -1.89. The lowest BCUT2D eigenvalue weighted by atomic mass is 10.1. The number of hydrogen-bond donors (Lipinski definition) is 1. The van der Waals surface area contributed by atoms with Crippen LogP contribution in [0.1, 0.15) is 5.56 Å². The molecule has 6 nitrogen and oxygen atoms in total. The van der Waals surface area contributed by atoms with E-state index < -0.39 is 4.92 Å². The molecule has 0 aliphatic carbocycles. The Morgan fingerprint density at radius 3 is 2.71 bits per heavy atom. The van der Waals surface area contributed by atoms with Gasteiger partial charge in [0.25, 0.3) is 5.69 Å². The van der Waals surface area contributed by atoms with Gasteiger partial charge in [-0.15, -0.1) is 0 Å². The standard InChI is InChI=1S/C10H8BrN3O3/c1-5-4-6(14(15)16)2-3-7(5)9-8(11)10(12)13-17-9/h2-4H,1H3,(H2,12,13). The van der Waals surface area contributed by atoms with Crippen molar-refractivity contribution >= 4 is 27.4 Å². The Labute approximate surface area is 105 Å². The predicted molar refractivity (Wildman–Crippen MR) is 65.4 cm³/mol. The van der Waals surface area contributed by atoms with Gasteiger partial charge in [-0.2, -0.15) is 0 Å². The molecule has 17 heavy (non-hydrogen) atoms. The first kappa shape index (κ1) is 11.6. The molecule has 0 fully saturated rings. The quantitative estimate of drug-likeness (QED) is 0.679. The molecule has 2 N–H and O–H groups in total. The normalized spacial score (nSPS) is 10.5. The molecule has 88 valence electrons. The molecule has 1 aromatic heterocycles. The van der Waals surface area contributed by atoms with Gasteiger partial charge in [0.15, 0.2) is 11.6 Å². The van der Waals surface area contributed by atoms with Gasteiger partial charge in [0, 0.05) is 17.7 Å². The van der Waals surface area contributed by atoms with Crippen LogP contribution in [0.2, 0.25) is 0 Å².